The number of amides is 1. The summed E-state index contributed by atoms with van der Waals surface area (Å²) in [5.41, 5.74) is 0.385. The summed E-state index contributed by atoms with van der Waals surface area (Å²) in [7, 11) is -3.68. The van der Waals surface area contributed by atoms with Crippen molar-refractivity contribution in [2.75, 3.05) is 30.3 Å². The fourth-order valence-corrected chi connectivity index (χ4v) is 3.99. The Morgan fingerprint density at radius 3 is 2.17 bits per heavy atom. The maximum atomic E-state index is 12.5. The minimum Gasteiger partial charge on any atom is -0.494 e. The number of rotatable bonds is 10. The quantitative estimate of drug-likeness (QED) is 0.574. The number of sulfonamides is 1. The van der Waals surface area contributed by atoms with Crippen LogP contribution in [0.1, 0.15) is 13.8 Å². The third-order valence-corrected chi connectivity index (χ3v) is 5.47. The first kappa shape index (κ1) is 22.8. The highest BCUT2D eigenvalue weighted by Crippen LogP contribution is 2.24. The van der Waals surface area contributed by atoms with Crippen LogP contribution in [0.5, 0.6) is 11.5 Å². The first-order valence-corrected chi connectivity index (χ1v) is 11.3. The number of anilines is 1. The van der Waals surface area contributed by atoms with Gasteiger partial charge in [-0.2, -0.15) is 0 Å². The van der Waals surface area contributed by atoms with E-state index >= 15 is 0 Å². The van der Waals surface area contributed by atoms with Crippen LogP contribution in [0.2, 0.25) is 5.02 Å². The highest BCUT2D eigenvalue weighted by molar-refractivity contribution is 7.92. The Hall–Kier alpha value is -2.45. The standard InChI is InChI=1S/C20H25ClN2O5S/c1-4-27-18-11-7-17(8-12-18)23(29(3,25)26)15(2)20(24)22-13-14-28-19-9-5-16(21)6-10-19/h5-12,15H,4,13-14H2,1-3H3,(H,22,24)/t15-/m1/s1. The summed E-state index contributed by atoms with van der Waals surface area (Å²) in [5, 5.41) is 3.30. The van der Waals surface area contributed by atoms with Crippen molar-refractivity contribution < 1.29 is 22.7 Å². The molecule has 0 saturated carbocycles. The SMILES string of the molecule is CCOc1ccc(N([C@H](C)C(=O)NCCOc2ccc(Cl)cc2)S(C)(=O)=O)cc1. The summed E-state index contributed by atoms with van der Waals surface area (Å²) < 4.78 is 36.6. The van der Waals surface area contributed by atoms with E-state index in [0.717, 1.165) is 10.6 Å². The Morgan fingerprint density at radius 1 is 1.07 bits per heavy atom. The average Bonchev–Trinajstić information content (AvgIpc) is 2.67. The highest BCUT2D eigenvalue weighted by Gasteiger charge is 2.28. The Kier molecular flexibility index (Phi) is 8.16. The molecule has 0 radical (unpaired) electrons. The van der Waals surface area contributed by atoms with Crippen LogP contribution in [0.4, 0.5) is 5.69 Å². The van der Waals surface area contributed by atoms with Crippen molar-refractivity contribution in [3.63, 3.8) is 0 Å². The average molecular weight is 441 g/mol. The van der Waals surface area contributed by atoms with Gasteiger partial charge in [-0.05, 0) is 62.4 Å². The zero-order valence-corrected chi connectivity index (χ0v) is 18.2. The summed E-state index contributed by atoms with van der Waals surface area (Å²) in [6.07, 6.45) is 1.07. The Balaban J connectivity index is 1.98. The van der Waals surface area contributed by atoms with E-state index < -0.39 is 22.0 Å². The van der Waals surface area contributed by atoms with Crippen molar-refractivity contribution in [2.45, 2.75) is 19.9 Å². The molecule has 1 atom stereocenters. The number of benzene rings is 2. The van der Waals surface area contributed by atoms with E-state index in [-0.39, 0.29) is 13.2 Å². The lowest BCUT2D eigenvalue weighted by Gasteiger charge is -2.28. The van der Waals surface area contributed by atoms with Crippen molar-refractivity contribution in [1.29, 1.82) is 0 Å². The second-order valence-corrected chi connectivity index (χ2v) is 8.55. The third-order valence-electron chi connectivity index (χ3n) is 3.97. The molecule has 0 unspecified atom stereocenters. The monoisotopic (exact) mass is 440 g/mol. The van der Waals surface area contributed by atoms with Crippen molar-refractivity contribution in [1.82, 2.24) is 5.32 Å². The van der Waals surface area contributed by atoms with E-state index in [1.54, 1.807) is 48.5 Å². The number of ether oxygens (including phenoxy) is 2. The normalized spacial score (nSPS) is 12.1. The second kappa shape index (κ2) is 10.4. The van der Waals surface area contributed by atoms with Crippen LogP contribution in [-0.4, -0.2) is 46.4 Å². The van der Waals surface area contributed by atoms with Gasteiger partial charge in [0.05, 0.1) is 25.1 Å². The fourth-order valence-electron chi connectivity index (χ4n) is 2.69. The molecule has 2 rings (SSSR count). The number of nitrogens with zero attached hydrogens (tertiary/aromatic N) is 1. The first-order chi connectivity index (χ1) is 13.7. The van der Waals surface area contributed by atoms with Gasteiger partial charge >= 0.3 is 0 Å². The molecule has 0 aliphatic rings. The van der Waals surface area contributed by atoms with E-state index in [9.17, 15) is 13.2 Å². The summed E-state index contributed by atoms with van der Waals surface area (Å²) in [6, 6.07) is 12.5. The molecule has 0 aliphatic carbocycles. The molecule has 7 nitrogen and oxygen atoms in total. The molecule has 158 valence electrons. The molecule has 0 bridgehead atoms. The largest absolute Gasteiger partial charge is 0.494 e. The van der Waals surface area contributed by atoms with Crippen LogP contribution in [0, 0.1) is 0 Å². The number of nitrogens with one attached hydrogen (secondary N) is 1. The lowest BCUT2D eigenvalue weighted by atomic mass is 10.2. The minimum atomic E-state index is -3.68. The van der Waals surface area contributed by atoms with Gasteiger partial charge in [0.2, 0.25) is 15.9 Å². The van der Waals surface area contributed by atoms with E-state index in [2.05, 4.69) is 5.32 Å². The van der Waals surface area contributed by atoms with Gasteiger partial charge in [-0.15, -0.1) is 0 Å². The van der Waals surface area contributed by atoms with Gasteiger partial charge in [-0.25, -0.2) is 8.42 Å². The van der Waals surface area contributed by atoms with Gasteiger partial charge in [0.15, 0.2) is 0 Å². The summed E-state index contributed by atoms with van der Waals surface area (Å²) in [4.78, 5) is 12.5. The molecule has 1 amide bonds. The number of hydrogen-bond donors (Lipinski definition) is 1. The minimum absolute atomic E-state index is 0.229. The van der Waals surface area contributed by atoms with Crippen LogP contribution in [0.15, 0.2) is 48.5 Å². The van der Waals surface area contributed by atoms with Crippen molar-refractivity contribution >= 4 is 33.2 Å². The molecule has 0 saturated heterocycles. The Morgan fingerprint density at radius 2 is 1.62 bits per heavy atom. The van der Waals surface area contributed by atoms with Gasteiger partial charge < -0.3 is 14.8 Å². The van der Waals surface area contributed by atoms with E-state index in [1.165, 1.54) is 6.92 Å². The van der Waals surface area contributed by atoms with E-state index in [1.807, 2.05) is 6.92 Å². The van der Waals surface area contributed by atoms with Crippen LogP contribution >= 0.6 is 11.6 Å². The predicted octanol–water partition coefficient (Wildman–Crippen LogP) is 3.09. The number of halogens is 1. The van der Waals surface area contributed by atoms with Gasteiger partial charge in [-0.1, -0.05) is 11.6 Å². The zero-order valence-electron chi connectivity index (χ0n) is 16.6. The second-order valence-electron chi connectivity index (χ2n) is 6.26. The summed E-state index contributed by atoms with van der Waals surface area (Å²) >= 11 is 5.82. The van der Waals surface area contributed by atoms with Crippen LogP contribution in [0.3, 0.4) is 0 Å². The lowest BCUT2D eigenvalue weighted by molar-refractivity contribution is -0.121. The topological polar surface area (TPSA) is 84.9 Å². The number of carbonyl (C=O) groups excluding carboxylic acids is 1. The van der Waals surface area contributed by atoms with Gasteiger partial charge in [0.1, 0.15) is 24.1 Å². The molecule has 0 aliphatic heterocycles. The van der Waals surface area contributed by atoms with E-state index in [0.29, 0.717) is 28.8 Å². The maximum absolute atomic E-state index is 12.5. The molecule has 0 spiro atoms. The summed E-state index contributed by atoms with van der Waals surface area (Å²) in [5.74, 6) is 0.828. The fraction of sp³-hybridized carbons (Fsp3) is 0.350. The van der Waals surface area contributed by atoms with Gasteiger partial charge in [0, 0.05) is 5.02 Å². The van der Waals surface area contributed by atoms with E-state index in [4.69, 9.17) is 21.1 Å². The van der Waals surface area contributed by atoms with Gasteiger partial charge in [-0.3, -0.25) is 9.10 Å². The molecular formula is C20H25ClN2O5S. The molecule has 0 heterocycles. The predicted molar refractivity (Wildman–Crippen MR) is 114 cm³/mol. The molecule has 0 aromatic heterocycles. The first-order valence-electron chi connectivity index (χ1n) is 9.10. The Labute approximate surface area is 176 Å². The molecule has 2 aromatic carbocycles. The maximum Gasteiger partial charge on any atom is 0.243 e. The third kappa shape index (κ3) is 6.83. The van der Waals surface area contributed by atoms with Crippen LogP contribution in [-0.2, 0) is 14.8 Å². The molecular weight excluding hydrogens is 416 g/mol. The zero-order chi connectivity index (χ0) is 21.4. The van der Waals surface area contributed by atoms with Crippen molar-refractivity contribution in [3.8, 4) is 11.5 Å². The number of carbonyl (C=O) groups is 1. The Bertz CT molecular complexity index is 901. The summed E-state index contributed by atoms with van der Waals surface area (Å²) in [6.45, 7) is 4.37. The van der Waals surface area contributed by atoms with Crippen LogP contribution < -0.4 is 19.1 Å². The molecule has 29 heavy (non-hydrogen) atoms. The molecule has 2 aromatic rings. The van der Waals surface area contributed by atoms with Gasteiger partial charge in [0.25, 0.3) is 0 Å². The smallest absolute Gasteiger partial charge is 0.243 e. The molecule has 9 heteroatoms. The van der Waals surface area contributed by atoms with Crippen molar-refractivity contribution in [3.05, 3.63) is 53.6 Å². The number of hydrogen-bond acceptors (Lipinski definition) is 5. The molecule has 1 N–H and O–H groups in total. The lowest BCUT2D eigenvalue weighted by Crippen LogP contribution is -2.48. The van der Waals surface area contributed by atoms with Crippen LogP contribution in [0.25, 0.3) is 0 Å². The molecule has 0 fully saturated rings. The van der Waals surface area contributed by atoms with Crippen molar-refractivity contribution in [2.24, 2.45) is 0 Å². The highest BCUT2D eigenvalue weighted by atomic mass is 35.5.